The molecule has 0 bridgehead atoms. The summed E-state index contributed by atoms with van der Waals surface area (Å²) < 4.78 is 4.91. The summed E-state index contributed by atoms with van der Waals surface area (Å²) in [4.78, 5) is 11.5. The maximum absolute atomic E-state index is 11.5. The lowest BCUT2D eigenvalue weighted by molar-refractivity contribution is -0.128. The van der Waals surface area contributed by atoms with Gasteiger partial charge in [0, 0.05) is 12.4 Å². The van der Waals surface area contributed by atoms with E-state index in [2.05, 4.69) is 11.9 Å². The van der Waals surface area contributed by atoms with Crippen molar-refractivity contribution >= 4 is 17.5 Å². The number of carbonyl (C=O) groups excluding carboxylic acids is 1. The molecule has 0 unspecified atom stereocenters. The topological polar surface area (TPSA) is 38.3 Å². The average Bonchev–Trinajstić information content (AvgIpc) is 2.17. The van der Waals surface area contributed by atoms with Gasteiger partial charge in [-0.2, -0.15) is 0 Å². The molecule has 0 rings (SSSR count). The molecule has 0 saturated heterocycles. The second kappa shape index (κ2) is 6.71. The number of nitrogens with one attached hydrogen (secondary N) is 1. The Morgan fingerprint density at radius 2 is 2.29 bits per heavy atom. The molecule has 1 amide bonds. The number of carbonyl (C=O) groups is 1. The first-order valence-electron chi connectivity index (χ1n) is 4.61. The molecule has 4 heteroatoms. The summed E-state index contributed by atoms with van der Waals surface area (Å²) >= 11 is 5.65. The molecule has 0 aromatic rings. The summed E-state index contributed by atoms with van der Waals surface area (Å²) in [6.45, 7) is 8.23. The van der Waals surface area contributed by atoms with Gasteiger partial charge in [-0.3, -0.25) is 4.79 Å². The van der Waals surface area contributed by atoms with E-state index in [9.17, 15) is 4.79 Å². The summed E-state index contributed by atoms with van der Waals surface area (Å²) in [5.41, 5.74) is -0.499. The number of amides is 1. The zero-order chi connectivity index (χ0) is 11.0. The van der Waals surface area contributed by atoms with Crippen LogP contribution >= 0.6 is 11.6 Å². The molecule has 0 saturated carbocycles. The van der Waals surface area contributed by atoms with Gasteiger partial charge in [-0.25, -0.2) is 0 Å². The third kappa shape index (κ3) is 5.12. The van der Waals surface area contributed by atoms with Crippen LogP contribution in [-0.2, 0) is 9.53 Å². The number of halogens is 1. The van der Waals surface area contributed by atoms with Gasteiger partial charge in [-0.15, -0.1) is 11.6 Å². The highest BCUT2D eigenvalue weighted by atomic mass is 35.5. The number of hydrogen-bond donors (Lipinski definition) is 1. The van der Waals surface area contributed by atoms with Crippen molar-refractivity contribution in [3.05, 3.63) is 12.8 Å². The van der Waals surface area contributed by atoms with Crippen LogP contribution in [0.4, 0.5) is 0 Å². The van der Waals surface area contributed by atoms with Crippen molar-refractivity contribution in [3.8, 4) is 0 Å². The van der Waals surface area contributed by atoms with Gasteiger partial charge in [-0.1, -0.05) is 6.58 Å². The standard InChI is InChI=1S/C10H18ClNO2/c1-4-14-7-5-6-12-9(13)10(2,3)8-11/h4H,1,5-8H2,2-3H3,(H,12,13). The van der Waals surface area contributed by atoms with E-state index in [1.165, 1.54) is 6.26 Å². The van der Waals surface area contributed by atoms with Crippen LogP contribution < -0.4 is 5.32 Å². The Hall–Kier alpha value is -0.700. The molecule has 14 heavy (non-hydrogen) atoms. The second-order valence-corrected chi connectivity index (χ2v) is 3.93. The van der Waals surface area contributed by atoms with Crippen molar-refractivity contribution in [2.45, 2.75) is 20.3 Å². The highest BCUT2D eigenvalue weighted by Crippen LogP contribution is 2.16. The summed E-state index contributed by atoms with van der Waals surface area (Å²) in [6.07, 6.45) is 2.17. The van der Waals surface area contributed by atoms with E-state index >= 15 is 0 Å². The molecule has 0 fully saturated rings. The quantitative estimate of drug-likeness (QED) is 0.404. The molecule has 0 atom stereocenters. The minimum atomic E-state index is -0.499. The molecule has 0 aliphatic carbocycles. The zero-order valence-electron chi connectivity index (χ0n) is 8.81. The fraction of sp³-hybridized carbons (Fsp3) is 0.700. The molecule has 0 radical (unpaired) electrons. The van der Waals surface area contributed by atoms with E-state index in [1.807, 2.05) is 13.8 Å². The average molecular weight is 220 g/mol. The Kier molecular flexibility index (Phi) is 6.37. The van der Waals surface area contributed by atoms with Crippen molar-refractivity contribution < 1.29 is 9.53 Å². The first-order valence-corrected chi connectivity index (χ1v) is 5.15. The van der Waals surface area contributed by atoms with Crippen LogP contribution in [0.2, 0.25) is 0 Å². The van der Waals surface area contributed by atoms with Crippen LogP contribution in [0, 0.1) is 5.41 Å². The number of rotatable bonds is 7. The molecule has 3 nitrogen and oxygen atoms in total. The van der Waals surface area contributed by atoms with Crippen LogP contribution in [0.1, 0.15) is 20.3 Å². The molecule has 82 valence electrons. The lowest BCUT2D eigenvalue weighted by Crippen LogP contribution is -2.38. The van der Waals surface area contributed by atoms with Crippen molar-refractivity contribution in [2.75, 3.05) is 19.0 Å². The Balaban J connectivity index is 3.59. The van der Waals surface area contributed by atoms with Gasteiger partial charge in [0.1, 0.15) is 0 Å². The zero-order valence-corrected chi connectivity index (χ0v) is 9.56. The largest absolute Gasteiger partial charge is 0.502 e. The number of alkyl halides is 1. The summed E-state index contributed by atoms with van der Waals surface area (Å²) in [7, 11) is 0. The molecule has 1 N–H and O–H groups in total. The van der Waals surface area contributed by atoms with Gasteiger partial charge in [-0.05, 0) is 20.3 Å². The van der Waals surface area contributed by atoms with Gasteiger partial charge in [0.25, 0.3) is 0 Å². The van der Waals surface area contributed by atoms with Crippen LogP contribution in [0.5, 0.6) is 0 Å². The van der Waals surface area contributed by atoms with Gasteiger partial charge in [0.2, 0.25) is 5.91 Å². The van der Waals surface area contributed by atoms with E-state index in [-0.39, 0.29) is 5.91 Å². The maximum atomic E-state index is 11.5. The predicted octanol–water partition coefficient (Wildman–Crippen LogP) is 1.92. The van der Waals surface area contributed by atoms with E-state index in [4.69, 9.17) is 16.3 Å². The Labute approximate surface area is 90.5 Å². The molecule has 0 aromatic heterocycles. The van der Waals surface area contributed by atoms with Gasteiger partial charge in [0.05, 0.1) is 18.3 Å². The van der Waals surface area contributed by atoms with Crippen molar-refractivity contribution in [3.63, 3.8) is 0 Å². The third-order valence-electron chi connectivity index (χ3n) is 1.79. The first kappa shape index (κ1) is 13.3. The van der Waals surface area contributed by atoms with Crippen LogP contribution in [0.25, 0.3) is 0 Å². The van der Waals surface area contributed by atoms with Crippen LogP contribution in [0.3, 0.4) is 0 Å². The molecule has 0 heterocycles. The maximum Gasteiger partial charge on any atom is 0.226 e. The normalized spacial score (nSPS) is 10.8. The number of ether oxygens (including phenoxy) is 1. The highest BCUT2D eigenvalue weighted by molar-refractivity contribution is 6.19. The van der Waals surface area contributed by atoms with Crippen molar-refractivity contribution in [1.29, 1.82) is 0 Å². The summed E-state index contributed by atoms with van der Waals surface area (Å²) in [5, 5.41) is 2.80. The van der Waals surface area contributed by atoms with Crippen LogP contribution in [0.15, 0.2) is 12.8 Å². The minimum Gasteiger partial charge on any atom is -0.502 e. The minimum absolute atomic E-state index is 0.0221. The molecular weight excluding hydrogens is 202 g/mol. The first-order chi connectivity index (χ1) is 6.54. The SMILES string of the molecule is C=COCCCNC(=O)C(C)(C)CCl. The fourth-order valence-electron chi connectivity index (χ4n) is 0.741. The Bertz CT molecular complexity index is 193. The number of hydrogen-bond acceptors (Lipinski definition) is 2. The van der Waals surface area contributed by atoms with Crippen LogP contribution in [-0.4, -0.2) is 24.9 Å². The molecular formula is C10H18ClNO2. The fourth-order valence-corrected chi connectivity index (χ4v) is 0.862. The summed E-state index contributed by atoms with van der Waals surface area (Å²) in [5.74, 6) is 0.299. The molecule has 0 aliphatic rings. The lowest BCUT2D eigenvalue weighted by atomic mass is 9.95. The van der Waals surface area contributed by atoms with Gasteiger partial charge >= 0.3 is 0 Å². The van der Waals surface area contributed by atoms with E-state index < -0.39 is 5.41 Å². The van der Waals surface area contributed by atoms with E-state index in [0.29, 0.717) is 19.0 Å². The smallest absolute Gasteiger partial charge is 0.226 e. The van der Waals surface area contributed by atoms with Gasteiger partial charge < -0.3 is 10.1 Å². The monoisotopic (exact) mass is 219 g/mol. The molecule has 0 aliphatic heterocycles. The predicted molar refractivity (Wildman–Crippen MR) is 58.3 cm³/mol. The molecule has 0 aromatic carbocycles. The summed E-state index contributed by atoms with van der Waals surface area (Å²) in [6, 6.07) is 0. The Morgan fingerprint density at radius 1 is 1.64 bits per heavy atom. The van der Waals surface area contributed by atoms with Crippen molar-refractivity contribution in [2.24, 2.45) is 5.41 Å². The van der Waals surface area contributed by atoms with Gasteiger partial charge in [0.15, 0.2) is 0 Å². The van der Waals surface area contributed by atoms with E-state index in [0.717, 1.165) is 6.42 Å². The van der Waals surface area contributed by atoms with E-state index in [1.54, 1.807) is 0 Å². The highest BCUT2D eigenvalue weighted by Gasteiger charge is 2.25. The van der Waals surface area contributed by atoms with Crippen molar-refractivity contribution in [1.82, 2.24) is 5.32 Å². The Morgan fingerprint density at radius 3 is 2.79 bits per heavy atom. The third-order valence-corrected chi connectivity index (χ3v) is 2.46. The second-order valence-electron chi connectivity index (χ2n) is 3.66. The lowest BCUT2D eigenvalue weighted by Gasteiger charge is -2.20. The molecule has 0 spiro atoms.